The van der Waals surface area contributed by atoms with Crippen LogP contribution in [0.15, 0.2) is 42.5 Å². The smallest absolute Gasteiger partial charge is 0.344 e. The highest BCUT2D eigenvalue weighted by Crippen LogP contribution is 2.32. The fourth-order valence-corrected chi connectivity index (χ4v) is 4.07. The molecule has 1 heterocycles. The number of alkyl halides is 3. The first kappa shape index (κ1) is 23.8. The monoisotopic (exact) mass is 485 g/mol. The van der Waals surface area contributed by atoms with Crippen molar-refractivity contribution < 1.29 is 26.4 Å². The van der Waals surface area contributed by atoms with E-state index in [1.165, 1.54) is 24.3 Å². The lowest BCUT2D eigenvalue weighted by molar-refractivity contribution is -0.137. The lowest BCUT2D eigenvalue weighted by Crippen LogP contribution is -2.27. The number of rotatable bonds is 5. The van der Waals surface area contributed by atoms with Gasteiger partial charge in [-0.2, -0.15) is 13.2 Å². The van der Waals surface area contributed by atoms with E-state index in [0.717, 1.165) is 18.4 Å². The van der Waals surface area contributed by atoms with Crippen molar-refractivity contribution in [3.05, 3.63) is 69.9 Å². The van der Waals surface area contributed by atoms with Crippen molar-refractivity contribution in [2.75, 3.05) is 11.0 Å². The predicted molar refractivity (Wildman–Crippen MR) is 117 cm³/mol. The van der Waals surface area contributed by atoms with E-state index in [9.17, 15) is 26.4 Å². The van der Waals surface area contributed by atoms with E-state index in [4.69, 9.17) is 11.6 Å². The summed E-state index contributed by atoms with van der Waals surface area (Å²) in [6.07, 6.45) is -3.44. The van der Waals surface area contributed by atoms with Crippen LogP contribution in [0.4, 0.5) is 18.9 Å². The maximum Gasteiger partial charge on any atom is 0.416 e. The quantitative estimate of drug-likeness (QED) is 0.527. The molecule has 32 heavy (non-hydrogen) atoms. The van der Waals surface area contributed by atoms with Crippen LogP contribution in [-0.2, 0) is 16.2 Å². The molecular weight excluding hydrogens is 467 g/mol. The van der Waals surface area contributed by atoms with Crippen LogP contribution in [0.2, 0.25) is 5.02 Å². The third kappa shape index (κ3) is 5.49. The lowest BCUT2D eigenvalue weighted by atomic mass is 10.0. The first-order valence-electron chi connectivity index (χ1n) is 9.31. The number of amides is 1. The van der Waals surface area contributed by atoms with Crippen LogP contribution in [-0.4, -0.2) is 25.6 Å². The molecule has 11 heteroatoms. The summed E-state index contributed by atoms with van der Waals surface area (Å²) in [7, 11) is -3.48. The highest BCUT2D eigenvalue weighted by molar-refractivity contribution is 7.92. The normalized spacial score (nSPS) is 13.1. The molecule has 0 saturated heterocycles. The van der Waals surface area contributed by atoms with Crippen LogP contribution in [0.5, 0.6) is 0 Å². The van der Waals surface area contributed by atoms with Crippen molar-refractivity contribution in [1.29, 1.82) is 0 Å². The van der Waals surface area contributed by atoms with Crippen LogP contribution in [0, 0.1) is 6.92 Å². The Kier molecular flexibility index (Phi) is 6.39. The average Bonchev–Trinajstić information content (AvgIpc) is 2.67. The minimum atomic E-state index is -4.47. The molecule has 0 fully saturated rings. The summed E-state index contributed by atoms with van der Waals surface area (Å²) in [5, 5.41) is 3.26. The largest absolute Gasteiger partial charge is 0.416 e. The summed E-state index contributed by atoms with van der Waals surface area (Å²) >= 11 is 6.29. The minimum absolute atomic E-state index is 0.0346. The molecule has 2 N–H and O–H groups in total. The zero-order valence-electron chi connectivity index (χ0n) is 17.2. The molecule has 0 radical (unpaired) electrons. The SMILES string of the molecule is Cc1cc([C@@H](C)NC(=O)c2ccc3cc(C(F)(F)F)ccc3n2)c(Cl)cc1NS(C)(=O)=O. The first-order chi connectivity index (χ1) is 14.7. The molecule has 6 nitrogen and oxygen atoms in total. The van der Waals surface area contributed by atoms with Crippen molar-refractivity contribution in [2.24, 2.45) is 0 Å². The van der Waals surface area contributed by atoms with Gasteiger partial charge in [-0.25, -0.2) is 13.4 Å². The number of aryl methyl sites for hydroxylation is 1. The Bertz CT molecular complexity index is 1310. The van der Waals surface area contributed by atoms with E-state index in [-0.39, 0.29) is 21.6 Å². The molecule has 1 amide bonds. The molecule has 0 unspecified atom stereocenters. The second kappa shape index (κ2) is 8.59. The molecule has 0 aliphatic heterocycles. The number of hydrogen-bond donors (Lipinski definition) is 2. The second-order valence-corrected chi connectivity index (χ2v) is 9.52. The molecule has 170 valence electrons. The third-order valence-electron chi connectivity index (χ3n) is 4.70. The molecule has 0 bridgehead atoms. The molecule has 0 aliphatic rings. The molecule has 2 aromatic carbocycles. The highest BCUT2D eigenvalue weighted by atomic mass is 35.5. The Balaban J connectivity index is 1.82. The molecule has 0 aliphatic carbocycles. The van der Waals surface area contributed by atoms with Gasteiger partial charge in [0.05, 0.1) is 29.1 Å². The summed E-state index contributed by atoms with van der Waals surface area (Å²) in [5.74, 6) is -0.536. The van der Waals surface area contributed by atoms with E-state index >= 15 is 0 Å². The van der Waals surface area contributed by atoms with Gasteiger partial charge in [-0.3, -0.25) is 9.52 Å². The van der Waals surface area contributed by atoms with E-state index in [0.29, 0.717) is 16.8 Å². The molecule has 1 atom stereocenters. The van der Waals surface area contributed by atoms with Crippen LogP contribution >= 0.6 is 11.6 Å². The fourth-order valence-electron chi connectivity index (χ4n) is 3.12. The maximum atomic E-state index is 12.9. The van der Waals surface area contributed by atoms with Crippen LogP contribution in [0.3, 0.4) is 0 Å². The van der Waals surface area contributed by atoms with Crippen LogP contribution in [0.1, 0.15) is 40.1 Å². The van der Waals surface area contributed by atoms with E-state index in [1.807, 2.05) is 0 Å². The number of aromatic nitrogens is 1. The standard InChI is InChI=1S/C21H19ClF3N3O3S/c1-11-8-15(16(22)10-19(11)28-32(3,30)31)12(2)26-20(29)18-6-4-13-9-14(21(23,24)25)5-7-17(13)27-18/h4-10,12,28H,1-3H3,(H,26,29)/t12-/m1/s1. The van der Waals surface area contributed by atoms with Gasteiger partial charge in [0, 0.05) is 10.4 Å². The van der Waals surface area contributed by atoms with Gasteiger partial charge in [-0.15, -0.1) is 0 Å². The van der Waals surface area contributed by atoms with Gasteiger partial charge in [0.15, 0.2) is 0 Å². The fraction of sp³-hybridized carbons (Fsp3) is 0.238. The van der Waals surface area contributed by atoms with Gasteiger partial charge in [-0.05, 0) is 55.3 Å². The number of hydrogen-bond acceptors (Lipinski definition) is 4. The zero-order valence-corrected chi connectivity index (χ0v) is 18.8. The second-order valence-electron chi connectivity index (χ2n) is 7.36. The molecule has 0 spiro atoms. The number of fused-ring (bicyclic) bond motifs is 1. The third-order valence-corrected chi connectivity index (χ3v) is 5.62. The number of nitrogens with zero attached hydrogens (tertiary/aromatic N) is 1. The first-order valence-corrected chi connectivity index (χ1v) is 11.6. The summed E-state index contributed by atoms with van der Waals surface area (Å²) in [6, 6.07) is 8.42. The molecule has 0 saturated carbocycles. The highest BCUT2D eigenvalue weighted by Gasteiger charge is 2.30. The lowest BCUT2D eigenvalue weighted by Gasteiger charge is -2.18. The Morgan fingerprint density at radius 3 is 2.44 bits per heavy atom. The average molecular weight is 486 g/mol. The molecule has 3 rings (SSSR count). The maximum absolute atomic E-state index is 12.9. The van der Waals surface area contributed by atoms with Gasteiger partial charge in [0.1, 0.15) is 5.69 Å². The van der Waals surface area contributed by atoms with Crippen LogP contribution in [0.25, 0.3) is 10.9 Å². The molecule has 1 aromatic heterocycles. The number of anilines is 1. The van der Waals surface area contributed by atoms with E-state index in [1.54, 1.807) is 19.9 Å². The van der Waals surface area contributed by atoms with Gasteiger partial charge in [-0.1, -0.05) is 23.7 Å². The predicted octanol–water partition coefficient (Wildman–Crippen LogP) is 5.08. The number of benzene rings is 2. The van der Waals surface area contributed by atoms with Crippen LogP contribution < -0.4 is 10.0 Å². The summed E-state index contributed by atoms with van der Waals surface area (Å²) < 4.78 is 63.9. The van der Waals surface area contributed by atoms with Crippen molar-refractivity contribution in [3.8, 4) is 0 Å². The number of nitrogens with one attached hydrogen (secondary N) is 2. The Morgan fingerprint density at radius 2 is 1.81 bits per heavy atom. The Hall–Kier alpha value is -2.85. The number of carbonyl (C=O) groups is 1. The van der Waals surface area contributed by atoms with Crippen molar-refractivity contribution in [2.45, 2.75) is 26.1 Å². The molecular formula is C21H19ClF3N3O3S. The Morgan fingerprint density at radius 1 is 1.12 bits per heavy atom. The Labute approximate surface area is 187 Å². The zero-order chi connectivity index (χ0) is 23.8. The summed E-state index contributed by atoms with van der Waals surface area (Å²) in [4.78, 5) is 16.8. The summed E-state index contributed by atoms with van der Waals surface area (Å²) in [5.41, 5.74) is 0.994. The van der Waals surface area contributed by atoms with Crippen molar-refractivity contribution in [1.82, 2.24) is 10.3 Å². The summed E-state index contributed by atoms with van der Waals surface area (Å²) in [6.45, 7) is 3.39. The number of pyridine rings is 1. The van der Waals surface area contributed by atoms with Gasteiger partial charge >= 0.3 is 6.18 Å². The number of carbonyl (C=O) groups excluding carboxylic acids is 1. The number of halogens is 4. The van der Waals surface area contributed by atoms with Gasteiger partial charge in [0.25, 0.3) is 5.91 Å². The topological polar surface area (TPSA) is 88.2 Å². The minimum Gasteiger partial charge on any atom is -0.344 e. The number of sulfonamides is 1. The van der Waals surface area contributed by atoms with Gasteiger partial charge < -0.3 is 5.32 Å². The van der Waals surface area contributed by atoms with Crippen molar-refractivity contribution in [3.63, 3.8) is 0 Å². The van der Waals surface area contributed by atoms with E-state index in [2.05, 4.69) is 15.0 Å². The van der Waals surface area contributed by atoms with E-state index < -0.39 is 33.7 Å². The van der Waals surface area contributed by atoms with Gasteiger partial charge in [0.2, 0.25) is 10.0 Å². The molecule has 3 aromatic rings. The van der Waals surface area contributed by atoms with Crippen molar-refractivity contribution >= 4 is 44.1 Å².